The quantitative estimate of drug-likeness (QED) is 0.640. The van der Waals surface area contributed by atoms with E-state index in [1.165, 1.54) is 37.8 Å². The summed E-state index contributed by atoms with van der Waals surface area (Å²) in [4.78, 5) is 0. The molecule has 0 spiro atoms. The van der Waals surface area contributed by atoms with Crippen LogP contribution in [0.1, 0.15) is 46.0 Å². The van der Waals surface area contributed by atoms with Crippen LogP contribution in [0, 0.1) is 5.92 Å². The highest BCUT2D eigenvalue weighted by Gasteiger charge is 2.02. The topological polar surface area (TPSA) is 21.3 Å². The van der Waals surface area contributed by atoms with E-state index < -0.39 is 0 Å². The van der Waals surface area contributed by atoms with Crippen LogP contribution >= 0.6 is 0 Å². The summed E-state index contributed by atoms with van der Waals surface area (Å²) in [5.74, 6) is 1.65. The maximum absolute atomic E-state index is 5.14. The molecule has 0 aromatic heterocycles. The first-order chi connectivity index (χ1) is 8.76. The molecule has 0 bridgehead atoms. The van der Waals surface area contributed by atoms with Gasteiger partial charge in [-0.1, -0.05) is 39.5 Å². The Morgan fingerprint density at radius 2 is 1.83 bits per heavy atom. The van der Waals surface area contributed by atoms with Crippen molar-refractivity contribution in [2.45, 2.75) is 46.0 Å². The third-order valence-corrected chi connectivity index (χ3v) is 3.30. The first-order valence-electron chi connectivity index (χ1n) is 7.14. The molecule has 0 fully saturated rings. The first kappa shape index (κ1) is 14.9. The predicted molar refractivity (Wildman–Crippen MR) is 79.4 cm³/mol. The van der Waals surface area contributed by atoms with Gasteiger partial charge in [-0.2, -0.15) is 0 Å². The van der Waals surface area contributed by atoms with Crippen molar-refractivity contribution < 1.29 is 4.74 Å². The van der Waals surface area contributed by atoms with Gasteiger partial charge in [0.1, 0.15) is 5.75 Å². The van der Waals surface area contributed by atoms with Crippen molar-refractivity contribution in [2.75, 3.05) is 19.0 Å². The molecule has 0 heterocycles. The van der Waals surface area contributed by atoms with E-state index in [0.29, 0.717) is 0 Å². The van der Waals surface area contributed by atoms with E-state index in [1.54, 1.807) is 7.11 Å². The molecule has 2 heteroatoms. The molecule has 1 unspecified atom stereocenters. The normalized spacial score (nSPS) is 12.2. The first-order valence-corrected chi connectivity index (χ1v) is 7.14. The molecular weight excluding hydrogens is 222 g/mol. The molecule has 0 saturated heterocycles. The maximum atomic E-state index is 5.14. The van der Waals surface area contributed by atoms with Gasteiger partial charge >= 0.3 is 0 Å². The summed E-state index contributed by atoms with van der Waals surface area (Å²) in [5, 5.41) is 3.48. The molecule has 1 aromatic rings. The van der Waals surface area contributed by atoms with Crippen molar-refractivity contribution in [3.8, 4) is 5.75 Å². The molecule has 1 rings (SSSR count). The van der Waals surface area contributed by atoms with E-state index >= 15 is 0 Å². The number of methoxy groups -OCH3 is 1. The molecule has 0 aliphatic carbocycles. The second-order valence-electron chi connectivity index (χ2n) is 5.06. The second-order valence-corrected chi connectivity index (χ2v) is 5.06. The fourth-order valence-electron chi connectivity index (χ4n) is 2.02. The van der Waals surface area contributed by atoms with E-state index in [-0.39, 0.29) is 0 Å². The van der Waals surface area contributed by atoms with Gasteiger partial charge in [-0.05, 0) is 36.6 Å². The molecule has 102 valence electrons. The highest BCUT2D eigenvalue weighted by molar-refractivity contribution is 5.46. The molecule has 18 heavy (non-hydrogen) atoms. The Morgan fingerprint density at radius 3 is 2.44 bits per heavy atom. The second kappa shape index (κ2) is 8.84. The van der Waals surface area contributed by atoms with Crippen LogP contribution in [0.4, 0.5) is 5.69 Å². The molecule has 1 N–H and O–H groups in total. The Labute approximate surface area is 112 Å². The summed E-state index contributed by atoms with van der Waals surface area (Å²) in [6.07, 6.45) is 6.75. The Bertz CT molecular complexity index is 307. The average Bonchev–Trinajstić information content (AvgIpc) is 2.42. The molecule has 0 aliphatic rings. The summed E-state index contributed by atoms with van der Waals surface area (Å²) >= 11 is 0. The van der Waals surface area contributed by atoms with Crippen LogP contribution in [0.5, 0.6) is 5.75 Å². The van der Waals surface area contributed by atoms with Crippen LogP contribution in [0.2, 0.25) is 0 Å². The summed E-state index contributed by atoms with van der Waals surface area (Å²) in [6, 6.07) is 8.13. The lowest BCUT2D eigenvalue weighted by Gasteiger charge is -2.13. The number of nitrogens with one attached hydrogen (secondary N) is 1. The zero-order valence-corrected chi connectivity index (χ0v) is 12.0. The number of anilines is 1. The minimum atomic E-state index is 0.740. The van der Waals surface area contributed by atoms with Crippen molar-refractivity contribution in [1.82, 2.24) is 0 Å². The average molecular weight is 249 g/mol. The standard InChI is InChI=1S/C16H27NO/c1-4-5-6-7-8-14(2)13-17-15-9-11-16(18-3)12-10-15/h9-12,14,17H,4-8,13H2,1-3H3. The SMILES string of the molecule is CCCCCCC(C)CNc1ccc(OC)cc1. The summed E-state index contributed by atoms with van der Waals surface area (Å²) in [6.45, 7) is 5.63. The van der Waals surface area contributed by atoms with E-state index in [4.69, 9.17) is 4.74 Å². The van der Waals surface area contributed by atoms with Crippen LogP contribution in [0.15, 0.2) is 24.3 Å². The minimum Gasteiger partial charge on any atom is -0.497 e. The Balaban J connectivity index is 2.18. The number of unbranched alkanes of at least 4 members (excludes halogenated alkanes) is 3. The third-order valence-electron chi connectivity index (χ3n) is 3.30. The number of hydrogen-bond acceptors (Lipinski definition) is 2. The predicted octanol–water partition coefficient (Wildman–Crippen LogP) is 4.71. The van der Waals surface area contributed by atoms with Gasteiger partial charge in [0, 0.05) is 12.2 Å². The Morgan fingerprint density at radius 1 is 1.11 bits per heavy atom. The van der Waals surface area contributed by atoms with Gasteiger partial charge in [-0.25, -0.2) is 0 Å². The van der Waals surface area contributed by atoms with Crippen LogP contribution in [0.3, 0.4) is 0 Å². The molecule has 0 amide bonds. The van der Waals surface area contributed by atoms with Crippen molar-refractivity contribution in [3.63, 3.8) is 0 Å². The monoisotopic (exact) mass is 249 g/mol. The minimum absolute atomic E-state index is 0.740. The molecule has 1 aromatic carbocycles. The van der Waals surface area contributed by atoms with Crippen molar-refractivity contribution in [1.29, 1.82) is 0 Å². The number of hydrogen-bond donors (Lipinski definition) is 1. The summed E-state index contributed by atoms with van der Waals surface area (Å²) < 4.78 is 5.14. The highest BCUT2D eigenvalue weighted by atomic mass is 16.5. The van der Waals surface area contributed by atoms with Gasteiger partial charge in [0.2, 0.25) is 0 Å². The highest BCUT2D eigenvalue weighted by Crippen LogP contribution is 2.16. The van der Waals surface area contributed by atoms with Gasteiger partial charge in [-0.15, -0.1) is 0 Å². The van der Waals surface area contributed by atoms with Gasteiger partial charge in [-0.3, -0.25) is 0 Å². The van der Waals surface area contributed by atoms with Crippen molar-refractivity contribution >= 4 is 5.69 Å². The maximum Gasteiger partial charge on any atom is 0.119 e. The van der Waals surface area contributed by atoms with Crippen LogP contribution in [-0.2, 0) is 0 Å². The number of rotatable bonds is 9. The zero-order chi connectivity index (χ0) is 13.2. The summed E-state index contributed by atoms with van der Waals surface area (Å²) in [7, 11) is 1.70. The molecule has 0 radical (unpaired) electrons. The van der Waals surface area contributed by atoms with Crippen LogP contribution in [0.25, 0.3) is 0 Å². The van der Waals surface area contributed by atoms with Crippen molar-refractivity contribution in [3.05, 3.63) is 24.3 Å². The summed E-state index contributed by atoms with van der Waals surface area (Å²) in [5.41, 5.74) is 1.18. The smallest absolute Gasteiger partial charge is 0.119 e. The third kappa shape index (κ3) is 5.95. The molecule has 0 aliphatic heterocycles. The van der Waals surface area contributed by atoms with Gasteiger partial charge in [0.15, 0.2) is 0 Å². The van der Waals surface area contributed by atoms with Crippen LogP contribution in [-0.4, -0.2) is 13.7 Å². The largest absolute Gasteiger partial charge is 0.497 e. The van der Waals surface area contributed by atoms with E-state index in [9.17, 15) is 0 Å². The number of ether oxygens (including phenoxy) is 1. The lowest BCUT2D eigenvalue weighted by Crippen LogP contribution is -2.11. The Kier molecular flexibility index (Phi) is 7.31. The van der Waals surface area contributed by atoms with Crippen molar-refractivity contribution in [2.24, 2.45) is 5.92 Å². The van der Waals surface area contributed by atoms with E-state index in [0.717, 1.165) is 18.2 Å². The molecular formula is C16H27NO. The zero-order valence-electron chi connectivity index (χ0n) is 12.0. The number of benzene rings is 1. The van der Waals surface area contributed by atoms with Gasteiger partial charge in [0.25, 0.3) is 0 Å². The van der Waals surface area contributed by atoms with Gasteiger partial charge < -0.3 is 10.1 Å². The van der Waals surface area contributed by atoms with Gasteiger partial charge in [0.05, 0.1) is 7.11 Å². The fourth-order valence-corrected chi connectivity index (χ4v) is 2.02. The lowest BCUT2D eigenvalue weighted by atomic mass is 10.0. The fraction of sp³-hybridized carbons (Fsp3) is 0.625. The molecule has 0 saturated carbocycles. The molecule has 2 nitrogen and oxygen atoms in total. The van der Waals surface area contributed by atoms with Crippen LogP contribution < -0.4 is 10.1 Å². The lowest BCUT2D eigenvalue weighted by molar-refractivity contribution is 0.415. The molecule has 1 atom stereocenters. The van der Waals surface area contributed by atoms with E-state index in [2.05, 4.69) is 31.3 Å². The Hall–Kier alpha value is -1.18. The van der Waals surface area contributed by atoms with E-state index in [1.807, 2.05) is 12.1 Å².